The van der Waals surface area contributed by atoms with Gasteiger partial charge >= 0.3 is 10.1 Å². The van der Waals surface area contributed by atoms with E-state index in [4.69, 9.17) is 8.37 Å². The summed E-state index contributed by atoms with van der Waals surface area (Å²) in [6.45, 7) is 8.19. The highest BCUT2D eigenvalue weighted by atomic mass is 32.2. The summed E-state index contributed by atoms with van der Waals surface area (Å²) in [5.41, 5.74) is 1.47. The third-order valence-electron chi connectivity index (χ3n) is 4.41. The molecule has 0 unspecified atom stereocenters. The van der Waals surface area contributed by atoms with Gasteiger partial charge in [0.1, 0.15) is 0 Å². The number of hydrogen-bond acceptors (Lipinski definition) is 7. The highest BCUT2D eigenvalue weighted by Crippen LogP contribution is 2.33. The fourth-order valence-corrected chi connectivity index (χ4v) is 3.20. The molecule has 0 aliphatic heterocycles. The highest BCUT2D eigenvalue weighted by molar-refractivity contribution is 7.86. The molecular weight excluding hydrogens is 368 g/mol. The van der Waals surface area contributed by atoms with Crippen LogP contribution in [0.15, 0.2) is 0 Å². The molecule has 0 fully saturated rings. The van der Waals surface area contributed by atoms with Gasteiger partial charge in [0.2, 0.25) is 0 Å². The molecule has 1 rings (SSSR count). The van der Waals surface area contributed by atoms with E-state index in [0.717, 1.165) is 31.0 Å². The number of rotatable bonds is 10. The zero-order valence-corrected chi connectivity index (χ0v) is 17.3. The second-order valence-corrected chi connectivity index (χ2v) is 9.83. The monoisotopic (exact) mass is 396 g/mol. The lowest BCUT2D eigenvalue weighted by Gasteiger charge is -2.27. The predicted octanol–water partition coefficient (Wildman–Crippen LogP) is 1.87. The van der Waals surface area contributed by atoms with Gasteiger partial charge in [0, 0.05) is 11.3 Å². The lowest BCUT2D eigenvalue weighted by Crippen LogP contribution is -2.22. The highest BCUT2D eigenvalue weighted by Gasteiger charge is 2.27. The molecule has 0 saturated carbocycles. The van der Waals surface area contributed by atoms with Crippen molar-refractivity contribution in [3.8, 4) is 5.88 Å². The minimum absolute atomic E-state index is 0.0165. The van der Waals surface area contributed by atoms with E-state index in [1.54, 1.807) is 11.6 Å². The summed E-state index contributed by atoms with van der Waals surface area (Å²) in [6, 6.07) is 0. The van der Waals surface area contributed by atoms with Gasteiger partial charge in [-0.05, 0) is 18.8 Å². The predicted molar refractivity (Wildman–Crippen MR) is 95.6 cm³/mol. The van der Waals surface area contributed by atoms with Gasteiger partial charge < -0.3 is 4.18 Å². The Bertz CT molecular complexity index is 792. The van der Waals surface area contributed by atoms with Crippen LogP contribution in [0.25, 0.3) is 0 Å². The van der Waals surface area contributed by atoms with Crippen LogP contribution >= 0.6 is 0 Å². The van der Waals surface area contributed by atoms with Crippen LogP contribution in [0.4, 0.5) is 0 Å². The van der Waals surface area contributed by atoms with Gasteiger partial charge in [-0.2, -0.15) is 16.8 Å². The summed E-state index contributed by atoms with van der Waals surface area (Å²) in [5.74, 6) is 0.0198. The molecular formula is C15H28N2O6S2. The third kappa shape index (κ3) is 6.95. The maximum absolute atomic E-state index is 11.4. The lowest BCUT2D eigenvalue weighted by molar-refractivity contribution is 0.270. The van der Waals surface area contributed by atoms with E-state index in [9.17, 15) is 16.8 Å². The summed E-state index contributed by atoms with van der Waals surface area (Å²) in [4.78, 5) is 0. The molecule has 1 aromatic rings. The van der Waals surface area contributed by atoms with Crippen molar-refractivity contribution in [2.75, 3.05) is 19.1 Å². The molecule has 8 nitrogen and oxygen atoms in total. The van der Waals surface area contributed by atoms with E-state index in [-0.39, 0.29) is 24.4 Å². The summed E-state index contributed by atoms with van der Waals surface area (Å²) in [6.07, 6.45) is 4.49. The average molecular weight is 397 g/mol. The van der Waals surface area contributed by atoms with Gasteiger partial charge in [-0.3, -0.25) is 8.86 Å². The van der Waals surface area contributed by atoms with Crippen molar-refractivity contribution in [3.63, 3.8) is 0 Å². The summed E-state index contributed by atoms with van der Waals surface area (Å²) in [7, 11) is -7.26. The standard InChI is InChI=1S/C15H28N2O6S2/c1-7-15(4,8-2)11-13-12(3)14(23-25(6,20)21)16-17(13)9-10-22-24(5,18)19/h7-11H2,1-6H3. The molecule has 0 aromatic carbocycles. The molecule has 0 amide bonds. The quantitative estimate of drug-likeness (QED) is 0.556. The molecule has 0 aliphatic rings. The topological polar surface area (TPSA) is 105 Å². The lowest BCUT2D eigenvalue weighted by atomic mass is 9.80. The molecule has 0 aliphatic carbocycles. The van der Waals surface area contributed by atoms with Crippen molar-refractivity contribution >= 4 is 20.2 Å². The Morgan fingerprint density at radius 1 is 1.08 bits per heavy atom. The second kappa shape index (κ2) is 8.05. The molecule has 0 N–H and O–H groups in total. The van der Waals surface area contributed by atoms with Crippen LogP contribution in [0.2, 0.25) is 0 Å². The van der Waals surface area contributed by atoms with E-state index in [0.29, 0.717) is 12.0 Å². The molecule has 25 heavy (non-hydrogen) atoms. The van der Waals surface area contributed by atoms with Crippen molar-refractivity contribution in [2.45, 2.75) is 53.5 Å². The number of hydrogen-bond donors (Lipinski definition) is 0. The van der Waals surface area contributed by atoms with Crippen LogP contribution in [-0.4, -0.2) is 45.7 Å². The summed E-state index contributed by atoms with van der Waals surface area (Å²) >= 11 is 0. The third-order valence-corrected chi connectivity index (χ3v) is 5.46. The normalized spacial score (nSPS) is 13.2. The van der Waals surface area contributed by atoms with Crippen molar-refractivity contribution < 1.29 is 25.2 Å². The van der Waals surface area contributed by atoms with Gasteiger partial charge in [-0.25, -0.2) is 0 Å². The summed E-state index contributed by atoms with van der Waals surface area (Å²) < 4.78 is 56.5. The van der Waals surface area contributed by atoms with E-state index in [2.05, 4.69) is 25.9 Å². The minimum atomic E-state index is -3.70. The molecule has 146 valence electrons. The Labute approximate surface area is 150 Å². The van der Waals surface area contributed by atoms with Crippen LogP contribution < -0.4 is 4.18 Å². The first-order valence-electron chi connectivity index (χ1n) is 8.10. The Kier molecular flexibility index (Phi) is 7.05. The largest absolute Gasteiger partial charge is 0.360 e. The van der Waals surface area contributed by atoms with Crippen molar-refractivity contribution in [1.82, 2.24) is 9.78 Å². The molecule has 0 saturated heterocycles. The maximum atomic E-state index is 11.4. The first-order chi connectivity index (χ1) is 11.3. The summed E-state index contributed by atoms with van der Waals surface area (Å²) in [5, 5.41) is 4.21. The number of nitrogens with zero attached hydrogens (tertiary/aromatic N) is 2. The molecule has 0 spiro atoms. The Balaban J connectivity index is 3.20. The van der Waals surface area contributed by atoms with Crippen molar-refractivity contribution in [1.29, 1.82) is 0 Å². The smallest absolute Gasteiger partial charge is 0.307 e. The minimum Gasteiger partial charge on any atom is -0.360 e. The van der Waals surface area contributed by atoms with Gasteiger partial charge in [-0.1, -0.05) is 33.6 Å². The van der Waals surface area contributed by atoms with Crippen molar-refractivity contribution in [2.24, 2.45) is 5.41 Å². The zero-order valence-electron chi connectivity index (χ0n) is 15.7. The molecule has 1 heterocycles. The van der Waals surface area contributed by atoms with Gasteiger partial charge in [0.15, 0.2) is 0 Å². The van der Waals surface area contributed by atoms with Gasteiger partial charge in [0.05, 0.1) is 25.7 Å². The van der Waals surface area contributed by atoms with Crippen LogP contribution in [-0.2, 0) is 37.4 Å². The molecule has 0 radical (unpaired) electrons. The van der Waals surface area contributed by atoms with Gasteiger partial charge in [-0.15, -0.1) is 5.10 Å². The molecule has 1 aromatic heterocycles. The second-order valence-electron chi connectivity index (χ2n) is 6.61. The van der Waals surface area contributed by atoms with E-state index in [1.165, 1.54) is 0 Å². The molecule has 0 atom stereocenters. The van der Waals surface area contributed by atoms with E-state index in [1.807, 2.05) is 0 Å². The van der Waals surface area contributed by atoms with E-state index >= 15 is 0 Å². The fraction of sp³-hybridized carbons (Fsp3) is 0.800. The van der Waals surface area contributed by atoms with Crippen LogP contribution in [0, 0.1) is 12.3 Å². The van der Waals surface area contributed by atoms with Crippen LogP contribution in [0.1, 0.15) is 44.9 Å². The number of aromatic nitrogens is 2. The van der Waals surface area contributed by atoms with Crippen LogP contribution in [0.3, 0.4) is 0 Å². The zero-order chi connectivity index (χ0) is 19.5. The Morgan fingerprint density at radius 3 is 2.08 bits per heavy atom. The van der Waals surface area contributed by atoms with E-state index < -0.39 is 20.2 Å². The molecule has 0 bridgehead atoms. The first kappa shape index (κ1) is 21.9. The molecule has 10 heteroatoms. The van der Waals surface area contributed by atoms with Crippen LogP contribution in [0.5, 0.6) is 5.88 Å². The first-order valence-corrected chi connectivity index (χ1v) is 11.7. The maximum Gasteiger partial charge on any atom is 0.307 e. The average Bonchev–Trinajstić information content (AvgIpc) is 2.73. The Hall–Kier alpha value is -1.13. The fourth-order valence-electron chi connectivity index (χ4n) is 2.37. The van der Waals surface area contributed by atoms with Crippen molar-refractivity contribution in [3.05, 3.63) is 11.3 Å². The Morgan fingerprint density at radius 2 is 1.64 bits per heavy atom. The SMILES string of the molecule is CCC(C)(CC)Cc1c(C)c(OS(C)(=O)=O)nn1CCOS(C)(=O)=O. The van der Waals surface area contributed by atoms with Gasteiger partial charge in [0.25, 0.3) is 16.0 Å².